The Morgan fingerprint density at radius 2 is 1.88 bits per heavy atom. The van der Waals surface area contributed by atoms with E-state index in [9.17, 15) is 13.2 Å². The highest BCUT2D eigenvalue weighted by Crippen LogP contribution is 2.26. The molecule has 2 rings (SSSR count). The first-order valence-corrected chi connectivity index (χ1v) is 10.7. The van der Waals surface area contributed by atoms with E-state index in [0.717, 1.165) is 12.8 Å². The number of nitrogens with zero attached hydrogens (tertiary/aromatic N) is 2. The van der Waals surface area contributed by atoms with Gasteiger partial charge in [-0.15, -0.1) is 0 Å². The van der Waals surface area contributed by atoms with Crippen molar-refractivity contribution in [3.8, 4) is 0 Å². The fraction of sp³-hybridized carbons (Fsp3) is 0.588. The predicted octanol–water partition coefficient (Wildman–Crippen LogP) is 2.73. The van der Waals surface area contributed by atoms with Gasteiger partial charge in [-0.25, -0.2) is 8.42 Å². The number of amides is 1. The third-order valence-electron chi connectivity index (χ3n) is 4.57. The van der Waals surface area contributed by atoms with Crippen LogP contribution in [0.3, 0.4) is 0 Å². The monoisotopic (exact) mass is 432 g/mol. The number of hydrogen-bond acceptors (Lipinski definition) is 4. The summed E-state index contributed by atoms with van der Waals surface area (Å²) < 4.78 is 32.7. The number of carbonyl (C=O) groups excluding carboxylic acids is 1. The predicted molar refractivity (Wildman–Crippen MR) is 100 cm³/mol. The summed E-state index contributed by atoms with van der Waals surface area (Å²) in [6.07, 6.45) is 1.76. The van der Waals surface area contributed by atoms with Gasteiger partial charge in [-0.3, -0.25) is 4.79 Å². The molecule has 6 nitrogen and oxygen atoms in total. The van der Waals surface area contributed by atoms with Gasteiger partial charge in [-0.2, -0.15) is 4.31 Å². The standard InChI is InChI=1S/C17H25BrN2O4S/c1-4-20(5-2)25(22,23)14-6-7-16(18)15(12-14)17(21)19-10-8-13(24-3)9-11-19/h6-7,12-13H,4-5,8-11H2,1-3H3. The Labute approximate surface area is 158 Å². The summed E-state index contributed by atoms with van der Waals surface area (Å²) in [5, 5.41) is 0. The smallest absolute Gasteiger partial charge is 0.255 e. The lowest BCUT2D eigenvalue weighted by molar-refractivity contribution is 0.0350. The maximum Gasteiger partial charge on any atom is 0.255 e. The van der Waals surface area contributed by atoms with Crippen molar-refractivity contribution in [2.24, 2.45) is 0 Å². The van der Waals surface area contributed by atoms with E-state index in [-0.39, 0.29) is 16.9 Å². The van der Waals surface area contributed by atoms with Gasteiger partial charge in [0.2, 0.25) is 10.0 Å². The van der Waals surface area contributed by atoms with Crippen LogP contribution in [0.4, 0.5) is 0 Å². The van der Waals surface area contributed by atoms with Gasteiger partial charge < -0.3 is 9.64 Å². The Morgan fingerprint density at radius 3 is 2.40 bits per heavy atom. The molecule has 0 aromatic heterocycles. The van der Waals surface area contributed by atoms with Crippen LogP contribution in [-0.2, 0) is 14.8 Å². The molecule has 1 aliphatic rings. The number of halogens is 1. The van der Waals surface area contributed by atoms with Gasteiger partial charge in [0.25, 0.3) is 5.91 Å². The van der Waals surface area contributed by atoms with Gasteiger partial charge in [-0.05, 0) is 47.0 Å². The molecule has 0 spiro atoms. The molecule has 0 atom stereocenters. The fourth-order valence-corrected chi connectivity index (χ4v) is 4.91. The number of carbonyl (C=O) groups is 1. The molecule has 1 fully saturated rings. The SMILES string of the molecule is CCN(CC)S(=O)(=O)c1ccc(Br)c(C(=O)N2CCC(OC)CC2)c1. The second-order valence-electron chi connectivity index (χ2n) is 5.96. The van der Waals surface area contributed by atoms with Crippen LogP contribution in [0.15, 0.2) is 27.6 Å². The molecular formula is C17H25BrN2O4S. The van der Waals surface area contributed by atoms with E-state index < -0.39 is 10.0 Å². The van der Waals surface area contributed by atoms with Crippen LogP contribution >= 0.6 is 15.9 Å². The number of sulfonamides is 1. The van der Waals surface area contributed by atoms with E-state index in [4.69, 9.17) is 4.74 Å². The fourth-order valence-electron chi connectivity index (χ4n) is 3.01. The minimum Gasteiger partial charge on any atom is -0.381 e. The van der Waals surface area contributed by atoms with Gasteiger partial charge in [-0.1, -0.05) is 13.8 Å². The Balaban J connectivity index is 2.29. The zero-order chi connectivity index (χ0) is 18.6. The molecule has 1 aliphatic heterocycles. The molecule has 8 heteroatoms. The Hall–Kier alpha value is -0.960. The minimum atomic E-state index is -3.60. The van der Waals surface area contributed by atoms with Crippen LogP contribution in [0.25, 0.3) is 0 Å². The summed E-state index contributed by atoms with van der Waals surface area (Å²) in [4.78, 5) is 14.8. The van der Waals surface area contributed by atoms with Gasteiger partial charge in [0.05, 0.1) is 16.6 Å². The average Bonchev–Trinajstić information content (AvgIpc) is 2.62. The zero-order valence-electron chi connectivity index (χ0n) is 14.9. The molecule has 0 saturated carbocycles. The molecule has 1 amide bonds. The van der Waals surface area contributed by atoms with Crippen molar-refractivity contribution in [1.29, 1.82) is 0 Å². The van der Waals surface area contributed by atoms with E-state index in [1.54, 1.807) is 31.9 Å². The summed E-state index contributed by atoms with van der Waals surface area (Å²) in [6.45, 7) is 5.59. The van der Waals surface area contributed by atoms with Crippen molar-refractivity contribution in [2.45, 2.75) is 37.7 Å². The van der Waals surface area contributed by atoms with Gasteiger partial charge in [0, 0.05) is 37.8 Å². The van der Waals surface area contributed by atoms with Crippen LogP contribution in [0.1, 0.15) is 37.0 Å². The molecule has 1 heterocycles. The minimum absolute atomic E-state index is 0.148. The van der Waals surface area contributed by atoms with Gasteiger partial charge >= 0.3 is 0 Å². The van der Waals surface area contributed by atoms with E-state index >= 15 is 0 Å². The second-order valence-corrected chi connectivity index (χ2v) is 8.75. The van der Waals surface area contributed by atoms with E-state index in [1.165, 1.54) is 16.4 Å². The molecule has 0 unspecified atom stereocenters. The second kappa shape index (κ2) is 8.62. The highest BCUT2D eigenvalue weighted by molar-refractivity contribution is 9.10. The molecule has 0 radical (unpaired) electrons. The third-order valence-corrected chi connectivity index (χ3v) is 7.31. The molecule has 0 bridgehead atoms. The maximum atomic E-state index is 12.9. The molecule has 1 aromatic rings. The van der Waals surface area contributed by atoms with E-state index in [1.807, 2.05) is 0 Å². The first-order chi connectivity index (χ1) is 11.8. The highest BCUT2D eigenvalue weighted by Gasteiger charge is 2.27. The molecule has 0 N–H and O–H groups in total. The van der Waals surface area contributed by atoms with Crippen molar-refractivity contribution in [1.82, 2.24) is 9.21 Å². The third kappa shape index (κ3) is 4.42. The van der Waals surface area contributed by atoms with Crippen LogP contribution < -0.4 is 0 Å². The number of rotatable bonds is 6. The zero-order valence-corrected chi connectivity index (χ0v) is 17.3. The van der Waals surface area contributed by atoms with Crippen molar-refractivity contribution in [3.63, 3.8) is 0 Å². The molecule has 1 aromatic carbocycles. The van der Waals surface area contributed by atoms with E-state index in [0.29, 0.717) is 36.2 Å². The summed E-state index contributed by atoms with van der Waals surface area (Å²) in [6, 6.07) is 4.64. The molecular weight excluding hydrogens is 408 g/mol. The van der Waals surface area contributed by atoms with Crippen molar-refractivity contribution < 1.29 is 17.9 Å². The lowest BCUT2D eigenvalue weighted by Gasteiger charge is -2.31. The van der Waals surface area contributed by atoms with Crippen LogP contribution in [-0.4, -0.2) is 62.9 Å². The Kier molecular flexibility index (Phi) is 7.01. The average molecular weight is 433 g/mol. The number of methoxy groups -OCH3 is 1. The Morgan fingerprint density at radius 1 is 1.28 bits per heavy atom. The van der Waals surface area contributed by atoms with Crippen LogP contribution in [0.5, 0.6) is 0 Å². The normalized spacial score (nSPS) is 16.4. The number of hydrogen-bond donors (Lipinski definition) is 0. The van der Waals surface area contributed by atoms with Gasteiger partial charge in [0.1, 0.15) is 0 Å². The maximum absolute atomic E-state index is 12.9. The lowest BCUT2D eigenvalue weighted by Crippen LogP contribution is -2.40. The van der Waals surface area contributed by atoms with Crippen LogP contribution in [0.2, 0.25) is 0 Å². The van der Waals surface area contributed by atoms with Crippen molar-refractivity contribution in [2.75, 3.05) is 33.3 Å². The molecule has 25 heavy (non-hydrogen) atoms. The van der Waals surface area contributed by atoms with E-state index in [2.05, 4.69) is 15.9 Å². The largest absolute Gasteiger partial charge is 0.381 e. The number of piperidine rings is 1. The van der Waals surface area contributed by atoms with Crippen LogP contribution in [0, 0.1) is 0 Å². The molecule has 140 valence electrons. The molecule has 0 aliphatic carbocycles. The lowest BCUT2D eigenvalue weighted by atomic mass is 10.1. The summed E-state index contributed by atoms with van der Waals surface area (Å²) in [7, 11) is -1.91. The number of benzene rings is 1. The first-order valence-electron chi connectivity index (χ1n) is 8.46. The number of ether oxygens (including phenoxy) is 1. The van der Waals surface area contributed by atoms with Gasteiger partial charge in [0.15, 0.2) is 0 Å². The number of likely N-dealkylation sites (tertiary alicyclic amines) is 1. The van der Waals surface area contributed by atoms with Crippen molar-refractivity contribution >= 4 is 31.9 Å². The molecule has 1 saturated heterocycles. The first kappa shape index (κ1) is 20.4. The highest BCUT2D eigenvalue weighted by atomic mass is 79.9. The Bertz CT molecular complexity index is 711. The summed E-state index contributed by atoms with van der Waals surface area (Å²) in [5.41, 5.74) is 0.379. The van der Waals surface area contributed by atoms with Crippen molar-refractivity contribution in [3.05, 3.63) is 28.2 Å². The topological polar surface area (TPSA) is 66.9 Å². The quantitative estimate of drug-likeness (QED) is 0.692. The summed E-state index contributed by atoms with van der Waals surface area (Å²) in [5.74, 6) is -0.155. The summed E-state index contributed by atoms with van der Waals surface area (Å²) >= 11 is 3.38.